The monoisotopic (exact) mass is 224 g/mol. The van der Waals surface area contributed by atoms with Crippen molar-refractivity contribution in [1.29, 1.82) is 0 Å². The Kier molecular flexibility index (Phi) is 14.2. The molecule has 2 N–H and O–H groups in total. The Morgan fingerprint density at radius 1 is 1.00 bits per heavy atom. The minimum absolute atomic E-state index is 0. The van der Waals surface area contributed by atoms with Crippen LogP contribution in [0.3, 0.4) is 0 Å². The summed E-state index contributed by atoms with van der Waals surface area (Å²) in [6.45, 7) is 2.36. The van der Waals surface area contributed by atoms with E-state index in [0.29, 0.717) is 0 Å². The van der Waals surface area contributed by atoms with E-state index in [4.69, 9.17) is 7.85 Å². The summed E-state index contributed by atoms with van der Waals surface area (Å²) in [7, 11) is 5.36. The molecule has 0 aliphatic carbocycles. The van der Waals surface area contributed by atoms with Gasteiger partial charge in [0.05, 0.1) is 0 Å². The first-order valence-corrected chi connectivity index (χ1v) is 4.02. The molecule has 6 heteroatoms. The molecule has 0 saturated heterocycles. The molecule has 0 aliphatic heterocycles. The van der Waals surface area contributed by atoms with Gasteiger partial charge >= 0.3 is 55.6 Å². The second-order valence-corrected chi connectivity index (χ2v) is 2.50. The van der Waals surface area contributed by atoms with Gasteiger partial charge in [0.2, 0.25) is 0 Å². The molecule has 1 rings (SSSR count). The summed E-state index contributed by atoms with van der Waals surface area (Å²) in [6.07, 6.45) is 0. The zero-order valence-electron chi connectivity index (χ0n) is 9.08. The molecule has 0 aromatic heterocycles. The van der Waals surface area contributed by atoms with Crippen molar-refractivity contribution in [2.45, 2.75) is 13.8 Å². The second kappa shape index (κ2) is 11.4. The fourth-order valence-electron chi connectivity index (χ4n) is 0.655. The number of carbonyl (C=O) groups excluding carboxylic acids is 2. The number of benzene rings is 1. The first-order valence-electron chi connectivity index (χ1n) is 4.02. The van der Waals surface area contributed by atoms with Gasteiger partial charge in [0.25, 0.3) is 0 Å². The van der Waals surface area contributed by atoms with Crippen LogP contribution in [0.5, 0.6) is 0 Å². The maximum atomic E-state index is 9.81. The van der Waals surface area contributed by atoms with E-state index in [1.807, 2.05) is 30.3 Å². The maximum Gasteiger partial charge on any atom is -0.870 e. The van der Waals surface area contributed by atoms with Crippen LogP contribution in [-0.4, -0.2) is 30.7 Å². The number of hydrogen-bond acceptors (Lipinski definition) is 5. The van der Waals surface area contributed by atoms with Gasteiger partial charge in [-0.2, -0.15) is 0 Å². The third kappa shape index (κ3) is 14.8. The van der Waals surface area contributed by atoms with Gasteiger partial charge in [0.1, 0.15) is 0 Å². The van der Waals surface area contributed by atoms with Crippen molar-refractivity contribution in [3.63, 3.8) is 0 Å². The molecule has 0 saturated carbocycles. The number of rotatable bonds is 0. The number of hydrogen-bond donors (Lipinski definition) is 0. The summed E-state index contributed by atoms with van der Waals surface area (Å²) in [6, 6.07) is 9.49. The van der Waals surface area contributed by atoms with Gasteiger partial charge in [0, 0.05) is 13.8 Å². The molecule has 1 aromatic rings. The van der Waals surface area contributed by atoms with E-state index in [9.17, 15) is 9.59 Å². The van der Waals surface area contributed by atoms with Crippen molar-refractivity contribution in [2.24, 2.45) is 0 Å². The maximum absolute atomic E-state index is 9.81. The Balaban J connectivity index is -0.000000188. The van der Waals surface area contributed by atoms with Crippen LogP contribution in [0.1, 0.15) is 13.8 Å². The molecule has 1 aromatic carbocycles. The second-order valence-electron chi connectivity index (χ2n) is 2.50. The van der Waals surface area contributed by atoms with Gasteiger partial charge in [-0.25, -0.2) is 0 Å². The van der Waals surface area contributed by atoms with Crippen molar-refractivity contribution in [1.82, 2.24) is 0 Å². The van der Waals surface area contributed by atoms with Crippen molar-refractivity contribution in [2.75, 3.05) is 0 Å². The fraction of sp³-hybridized carbons (Fsp3) is 0.200. The smallest absolute Gasteiger partial charge is 0.870 e. The Labute approximate surface area is 95.4 Å². The molecular formula is C10H13BO5. The molecule has 0 fully saturated rings. The third-order valence-electron chi connectivity index (χ3n) is 1.09. The van der Waals surface area contributed by atoms with E-state index in [1.54, 1.807) is 0 Å². The van der Waals surface area contributed by atoms with E-state index >= 15 is 0 Å². The molecule has 16 heavy (non-hydrogen) atoms. The minimum atomic E-state index is -0.562. The average molecular weight is 224 g/mol. The van der Waals surface area contributed by atoms with Crippen LogP contribution in [0.2, 0.25) is 0 Å². The molecule has 0 heterocycles. The fourth-order valence-corrected chi connectivity index (χ4v) is 0.655. The van der Waals surface area contributed by atoms with Crippen LogP contribution >= 0.6 is 0 Å². The van der Waals surface area contributed by atoms with E-state index in [1.165, 1.54) is 13.8 Å². The SMILES string of the molecule is CC(=O)OC(C)=O.[B+2]c1ccccc1.[OH-].[OH-]. The van der Waals surface area contributed by atoms with Crippen LogP contribution in [0.4, 0.5) is 0 Å². The van der Waals surface area contributed by atoms with Crippen molar-refractivity contribution >= 4 is 25.2 Å². The first kappa shape index (κ1) is 19.8. The molecule has 0 spiro atoms. The van der Waals surface area contributed by atoms with Crippen LogP contribution in [-0.2, 0) is 14.3 Å². The third-order valence-corrected chi connectivity index (χ3v) is 1.09. The minimum Gasteiger partial charge on any atom is -0.870 e. The van der Waals surface area contributed by atoms with E-state index < -0.39 is 11.9 Å². The summed E-state index contributed by atoms with van der Waals surface area (Å²) >= 11 is 0. The van der Waals surface area contributed by atoms with Gasteiger partial charge in [-0.15, -0.1) is 0 Å². The van der Waals surface area contributed by atoms with Gasteiger partial charge in [-0.1, -0.05) is 0 Å². The zero-order valence-corrected chi connectivity index (χ0v) is 9.08. The Morgan fingerprint density at radius 2 is 1.38 bits per heavy atom. The predicted molar refractivity (Wildman–Crippen MR) is 58.1 cm³/mol. The van der Waals surface area contributed by atoms with Crippen LogP contribution in [0, 0.1) is 0 Å². The zero-order chi connectivity index (χ0) is 11.0. The number of ether oxygens (including phenoxy) is 1. The molecule has 0 radical (unpaired) electrons. The molecular weight excluding hydrogens is 211 g/mol. The molecule has 0 unspecified atom stereocenters. The summed E-state index contributed by atoms with van der Waals surface area (Å²) in [5.41, 5.74) is 0.822. The topological polar surface area (TPSA) is 103 Å². The standard InChI is InChI=1S/C6H5B.C4H6O3.2H2O/c7-6-4-2-1-3-5-6;1-3(5)7-4(2)6;;/h1-5H;1-2H3;2*1H2/q+2;;;/p-2. The van der Waals surface area contributed by atoms with Gasteiger partial charge in [-0.3, -0.25) is 9.59 Å². The van der Waals surface area contributed by atoms with Crippen molar-refractivity contribution < 1.29 is 25.3 Å². The number of esters is 2. The van der Waals surface area contributed by atoms with E-state index in [-0.39, 0.29) is 11.0 Å². The Hall–Kier alpha value is -1.66. The van der Waals surface area contributed by atoms with Crippen molar-refractivity contribution in [3.8, 4) is 0 Å². The average Bonchev–Trinajstić information content (AvgIpc) is 2.03. The summed E-state index contributed by atoms with van der Waals surface area (Å²) < 4.78 is 3.97. The van der Waals surface area contributed by atoms with E-state index in [2.05, 4.69) is 4.74 Å². The quantitative estimate of drug-likeness (QED) is 0.356. The number of carbonyl (C=O) groups is 2. The normalized spacial score (nSPS) is 7.25. The molecule has 0 bridgehead atoms. The Bertz CT molecular complexity index is 287. The van der Waals surface area contributed by atoms with Gasteiger partial charge in [-0.05, 0) is 0 Å². The molecule has 5 nitrogen and oxygen atoms in total. The Morgan fingerprint density at radius 3 is 1.50 bits per heavy atom. The summed E-state index contributed by atoms with van der Waals surface area (Å²) in [5, 5.41) is 0. The van der Waals surface area contributed by atoms with Gasteiger partial charge < -0.3 is 15.7 Å². The van der Waals surface area contributed by atoms with Crippen LogP contribution < -0.4 is 5.46 Å². The molecule has 0 amide bonds. The van der Waals surface area contributed by atoms with Gasteiger partial charge in [0.15, 0.2) is 0 Å². The van der Waals surface area contributed by atoms with Crippen LogP contribution in [0.15, 0.2) is 30.3 Å². The molecule has 86 valence electrons. The predicted octanol–water partition coefficient (Wildman–Crippen LogP) is 0.223. The van der Waals surface area contributed by atoms with Crippen molar-refractivity contribution in [3.05, 3.63) is 30.3 Å². The first-order chi connectivity index (χ1) is 6.52. The summed E-state index contributed by atoms with van der Waals surface area (Å²) in [4.78, 5) is 19.6. The van der Waals surface area contributed by atoms with E-state index in [0.717, 1.165) is 5.46 Å². The largest absolute Gasteiger partial charge is 0.870 e. The summed E-state index contributed by atoms with van der Waals surface area (Å²) in [5.74, 6) is -1.12. The van der Waals surface area contributed by atoms with Crippen LogP contribution in [0.25, 0.3) is 0 Å². The molecule has 0 aliphatic rings. The molecule has 0 atom stereocenters.